The number of aromatic nitrogens is 1. The first-order chi connectivity index (χ1) is 14.7. The first-order valence-corrected chi connectivity index (χ1v) is 10.5. The summed E-state index contributed by atoms with van der Waals surface area (Å²) in [6.45, 7) is 3.12. The fraction of sp³-hybridized carbons (Fsp3) is 0.375. The van der Waals surface area contributed by atoms with Crippen molar-refractivity contribution in [3.63, 3.8) is 0 Å². The quantitative estimate of drug-likeness (QED) is 0.249. The van der Waals surface area contributed by atoms with Crippen LogP contribution in [-0.4, -0.2) is 44.3 Å². The Hall–Kier alpha value is -2.13. The lowest BCUT2D eigenvalue weighted by Gasteiger charge is -2.38. The van der Waals surface area contributed by atoms with Gasteiger partial charge in [0.15, 0.2) is 5.96 Å². The van der Waals surface area contributed by atoms with Crippen LogP contribution in [0.25, 0.3) is 10.9 Å². The van der Waals surface area contributed by atoms with Crippen molar-refractivity contribution < 1.29 is 9.13 Å². The Morgan fingerprint density at radius 1 is 1.13 bits per heavy atom. The van der Waals surface area contributed by atoms with Gasteiger partial charge in [0, 0.05) is 55.9 Å². The minimum atomic E-state index is -0.223. The number of nitrogens with zero attached hydrogens (tertiary/aromatic N) is 1. The van der Waals surface area contributed by atoms with Crippen molar-refractivity contribution in [2.45, 2.75) is 24.7 Å². The van der Waals surface area contributed by atoms with Gasteiger partial charge in [-0.15, -0.1) is 24.0 Å². The van der Waals surface area contributed by atoms with Crippen LogP contribution >= 0.6 is 24.0 Å². The number of fused-ring (bicyclic) bond motifs is 1. The number of hydrogen-bond acceptors (Lipinski definition) is 2. The van der Waals surface area contributed by atoms with Gasteiger partial charge in [0.05, 0.1) is 0 Å². The lowest BCUT2D eigenvalue weighted by molar-refractivity contribution is 0.0514. The zero-order chi connectivity index (χ0) is 20.8. The highest BCUT2D eigenvalue weighted by Crippen LogP contribution is 2.34. The molecule has 1 fully saturated rings. The molecule has 5 nitrogen and oxygen atoms in total. The molecule has 3 N–H and O–H groups in total. The van der Waals surface area contributed by atoms with Gasteiger partial charge in [-0.1, -0.05) is 30.3 Å². The third-order valence-electron chi connectivity index (χ3n) is 6.07. The van der Waals surface area contributed by atoms with Crippen LogP contribution in [0, 0.1) is 5.82 Å². The molecule has 3 aromatic rings. The summed E-state index contributed by atoms with van der Waals surface area (Å²) in [6.07, 6.45) is 4.76. The number of aromatic amines is 1. The van der Waals surface area contributed by atoms with E-state index in [1.165, 1.54) is 17.7 Å². The smallest absolute Gasteiger partial charge is 0.191 e. The molecule has 31 heavy (non-hydrogen) atoms. The lowest BCUT2D eigenvalue weighted by Crippen LogP contribution is -2.48. The second-order valence-corrected chi connectivity index (χ2v) is 7.87. The van der Waals surface area contributed by atoms with Crippen LogP contribution in [0.5, 0.6) is 0 Å². The van der Waals surface area contributed by atoms with Crippen LogP contribution in [-0.2, 0) is 16.6 Å². The van der Waals surface area contributed by atoms with Crippen LogP contribution in [0.2, 0.25) is 0 Å². The summed E-state index contributed by atoms with van der Waals surface area (Å²) in [6, 6.07) is 15.6. The minimum Gasteiger partial charge on any atom is -0.381 e. The summed E-state index contributed by atoms with van der Waals surface area (Å²) in [5.41, 5.74) is 3.40. The Labute approximate surface area is 199 Å². The second-order valence-electron chi connectivity index (χ2n) is 7.87. The van der Waals surface area contributed by atoms with Gasteiger partial charge in [0.25, 0.3) is 0 Å². The first-order valence-electron chi connectivity index (χ1n) is 10.5. The number of aliphatic imine (C=N–C) groups is 1. The van der Waals surface area contributed by atoms with Crippen LogP contribution in [0.4, 0.5) is 4.39 Å². The average molecular weight is 536 g/mol. The third kappa shape index (κ3) is 5.57. The molecule has 1 saturated heterocycles. The summed E-state index contributed by atoms with van der Waals surface area (Å²) in [5, 5.41) is 8.00. The molecule has 4 rings (SSSR count). The Bertz CT molecular complexity index is 999. The van der Waals surface area contributed by atoms with Gasteiger partial charge in [-0.25, -0.2) is 4.39 Å². The molecular formula is C24H30FIN4O. The van der Waals surface area contributed by atoms with Crippen molar-refractivity contribution in [2.24, 2.45) is 4.99 Å². The predicted octanol–water partition coefficient (Wildman–Crippen LogP) is 4.38. The highest BCUT2D eigenvalue weighted by atomic mass is 127. The molecule has 1 aliphatic rings. The van der Waals surface area contributed by atoms with Gasteiger partial charge in [0.2, 0.25) is 0 Å². The molecule has 0 aliphatic carbocycles. The predicted molar refractivity (Wildman–Crippen MR) is 135 cm³/mol. The molecule has 0 atom stereocenters. The average Bonchev–Trinajstić information content (AvgIpc) is 3.19. The van der Waals surface area contributed by atoms with Gasteiger partial charge < -0.3 is 20.4 Å². The monoisotopic (exact) mass is 536 g/mol. The van der Waals surface area contributed by atoms with E-state index in [0.29, 0.717) is 0 Å². The normalized spacial score (nSPS) is 16.0. The standard InChI is InChI=1S/C24H29FN4O.HI/c1-26-23(27-12-9-18-16-28-22-15-20(25)7-8-21(18)22)29-17-24(10-13-30-14-11-24)19-5-3-2-4-6-19;/h2-8,15-16,28H,9-14,17H2,1H3,(H2,26,27,29);1H. The summed E-state index contributed by atoms with van der Waals surface area (Å²) >= 11 is 0. The molecule has 7 heteroatoms. The summed E-state index contributed by atoms with van der Waals surface area (Å²) in [7, 11) is 1.79. The van der Waals surface area contributed by atoms with E-state index in [-0.39, 0.29) is 35.2 Å². The van der Waals surface area contributed by atoms with E-state index in [9.17, 15) is 4.39 Å². The van der Waals surface area contributed by atoms with Crippen LogP contribution < -0.4 is 10.6 Å². The van der Waals surface area contributed by atoms with Crippen LogP contribution in [0.3, 0.4) is 0 Å². The fourth-order valence-corrected chi connectivity index (χ4v) is 4.28. The Morgan fingerprint density at radius 2 is 1.90 bits per heavy atom. The molecule has 0 bridgehead atoms. The van der Waals surface area contributed by atoms with E-state index >= 15 is 0 Å². The number of hydrogen-bond donors (Lipinski definition) is 3. The van der Waals surface area contributed by atoms with E-state index in [0.717, 1.165) is 68.0 Å². The molecule has 0 radical (unpaired) electrons. The Balaban J connectivity index is 0.00000272. The largest absolute Gasteiger partial charge is 0.381 e. The number of rotatable bonds is 6. The van der Waals surface area contributed by atoms with Crippen molar-refractivity contribution in [1.82, 2.24) is 15.6 Å². The first kappa shape index (κ1) is 23.5. The molecule has 0 unspecified atom stereocenters. The number of nitrogens with one attached hydrogen (secondary N) is 3. The van der Waals surface area contributed by atoms with E-state index in [1.54, 1.807) is 7.05 Å². The maximum atomic E-state index is 13.4. The van der Waals surface area contributed by atoms with E-state index in [4.69, 9.17) is 4.74 Å². The maximum absolute atomic E-state index is 13.4. The molecule has 2 aromatic carbocycles. The molecule has 166 valence electrons. The topological polar surface area (TPSA) is 61.4 Å². The highest BCUT2D eigenvalue weighted by Gasteiger charge is 2.34. The van der Waals surface area contributed by atoms with Crippen molar-refractivity contribution in [3.05, 3.63) is 71.7 Å². The van der Waals surface area contributed by atoms with Gasteiger partial charge in [0.1, 0.15) is 5.82 Å². The van der Waals surface area contributed by atoms with Crippen LogP contribution in [0.15, 0.2) is 59.7 Å². The van der Waals surface area contributed by atoms with E-state index in [1.807, 2.05) is 12.3 Å². The summed E-state index contributed by atoms with van der Waals surface area (Å²) in [4.78, 5) is 7.54. The van der Waals surface area contributed by atoms with Crippen LogP contribution in [0.1, 0.15) is 24.0 Å². The summed E-state index contributed by atoms with van der Waals surface area (Å²) in [5.74, 6) is 0.571. The van der Waals surface area contributed by atoms with E-state index < -0.39 is 0 Å². The maximum Gasteiger partial charge on any atom is 0.191 e. The molecule has 1 aliphatic heterocycles. The number of H-pyrrole nitrogens is 1. The van der Waals surface area contributed by atoms with Gasteiger partial charge in [-0.3, -0.25) is 4.99 Å². The fourth-order valence-electron chi connectivity index (χ4n) is 4.28. The SMILES string of the molecule is CN=C(NCCc1c[nH]c2cc(F)ccc12)NCC1(c2ccccc2)CCOCC1.I. The number of benzene rings is 2. The van der Waals surface area contributed by atoms with Crippen molar-refractivity contribution in [1.29, 1.82) is 0 Å². The van der Waals surface area contributed by atoms with Crippen molar-refractivity contribution in [3.8, 4) is 0 Å². The Morgan fingerprint density at radius 3 is 2.65 bits per heavy atom. The number of ether oxygens (including phenoxy) is 1. The highest BCUT2D eigenvalue weighted by molar-refractivity contribution is 14.0. The zero-order valence-electron chi connectivity index (χ0n) is 17.8. The molecule has 0 saturated carbocycles. The van der Waals surface area contributed by atoms with Gasteiger partial charge >= 0.3 is 0 Å². The third-order valence-corrected chi connectivity index (χ3v) is 6.07. The molecule has 0 amide bonds. The molecule has 0 spiro atoms. The van der Waals surface area contributed by atoms with Crippen molar-refractivity contribution >= 4 is 40.8 Å². The summed E-state index contributed by atoms with van der Waals surface area (Å²) < 4.78 is 19.0. The second kappa shape index (κ2) is 10.9. The minimum absolute atomic E-state index is 0. The number of guanidine groups is 1. The zero-order valence-corrected chi connectivity index (χ0v) is 20.1. The molecule has 2 heterocycles. The van der Waals surface area contributed by atoms with Gasteiger partial charge in [-0.2, -0.15) is 0 Å². The molecular weight excluding hydrogens is 506 g/mol. The van der Waals surface area contributed by atoms with Gasteiger partial charge in [-0.05, 0) is 48.6 Å². The Kier molecular flexibility index (Phi) is 8.31. The lowest BCUT2D eigenvalue weighted by atomic mass is 9.74. The van der Waals surface area contributed by atoms with Crippen molar-refractivity contribution in [2.75, 3.05) is 33.4 Å². The molecule has 1 aromatic heterocycles. The van der Waals surface area contributed by atoms with E-state index in [2.05, 4.69) is 50.9 Å². The number of halogens is 2.